The first-order valence-electron chi connectivity index (χ1n) is 6.66. The Kier molecular flexibility index (Phi) is 4.22. The molecule has 1 N–H and O–H groups in total. The molecule has 1 saturated heterocycles. The zero-order valence-electron chi connectivity index (χ0n) is 11.8. The van der Waals surface area contributed by atoms with E-state index in [4.69, 9.17) is 4.74 Å². The van der Waals surface area contributed by atoms with Gasteiger partial charge in [-0.3, -0.25) is 9.78 Å². The van der Waals surface area contributed by atoms with Crippen molar-refractivity contribution in [2.24, 2.45) is 0 Å². The average Bonchev–Trinajstić information content (AvgIpc) is 2.36. The van der Waals surface area contributed by atoms with Crippen molar-refractivity contribution in [2.45, 2.75) is 44.5 Å². The SMILES string of the molecule is CC1(C)CC(NC(=O)c2cccnc2C(F)(F)F)CCO1. The van der Waals surface area contributed by atoms with Crippen molar-refractivity contribution in [1.82, 2.24) is 10.3 Å². The third-order valence-electron chi connectivity index (χ3n) is 3.35. The number of pyridine rings is 1. The Morgan fingerprint density at radius 1 is 1.48 bits per heavy atom. The maximum atomic E-state index is 12.8. The van der Waals surface area contributed by atoms with Crippen LogP contribution in [-0.4, -0.2) is 29.1 Å². The van der Waals surface area contributed by atoms with Gasteiger partial charge in [0.1, 0.15) is 0 Å². The lowest BCUT2D eigenvalue weighted by molar-refractivity contribution is -0.141. The van der Waals surface area contributed by atoms with Crippen LogP contribution in [0.15, 0.2) is 18.3 Å². The van der Waals surface area contributed by atoms with E-state index in [1.807, 2.05) is 13.8 Å². The zero-order chi connectivity index (χ0) is 15.7. The van der Waals surface area contributed by atoms with E-state index in [2.05, 4.69) is 10.3 Å². The summed E-state index contributed by atoms with van der Waals surface area (Å²) in [4.78, 5) is 15.4. The predicted molar refractivity (Wildman–Crippen MR) is 69.8 cm³/mol. The quantitative estimate of drug-likeness (QED) is 0.914. The number of nitrogens with one attached hydrogen (secondary N) is 1. The summed E-state index contributed by atoms with van der Waals surface area (Å²) < 4.78 is 44.1. The van der Waals surface area contributed by atoms with Crippen LogP contribution in [0, 0.1) is 0 Å². The molecular formula is C14H17F3N2O2. The second-order valence-corrected chi connectivity index (χ2v) is 5.67. The number of rotatable bonds is 2. The number of ether oxygens (including phenoxy) is 1. The first kappa shape index (κ1) is 15.8. The summed E-state index contributed by atoms with van der Waals surface area (Å²) >= 11 is 0. The maximum absolute atomic E-state index is 12.8. The van der Waals surface area contributed by atoms with Crippen LogP contribution in [-0.2, 0) is 10.9 Å². The zero-order valence-corrected chi connectivity index (χ0v) is 11.8. The molecule has 4 nitrogen and oxygen atoms in total. The fourth-order valence-corrected chi connectivity index (χ4v) is 2.43. The van der Waals surface area contributed by atoms with E-state index in [-0.39, 0.29) is 6.04 Å². The molecular weight excluding hydrogens is 285 g/mol. The molecule has 2 rings (SSSR count). The van der Waals surface area contributed by atoms with Crippen molar-refractivity contribution in [3.05, 3.63) is 29.6 Å². The average molecular weight is 302 g/mol. The van der Waals surface area contributed by atoms with E-state index in [9.17, 15) is 18.0 Å². The van der Waals surface area contributed by atoms with Crippen LogP contribution in [0.25, 0.3) is 0 Å². The molecule has 1 aromatic rings. The van der Waals surface area contributed by atoms with Gasteiger partial charge in [-0.15, -0.1) is 0 Å². The third kappa shape index (κ3) is 3.93. The molecule has 2 heterocycles. The Morgan fingerprint density at radius 3 is 2.81 bits per heavy atom. The molecule has 1 unspecified atom stereocenters. The van der Waals surface area contributed by atoms with Crippen molar-refractivity contribution < 1.29 is 22.7 Å². The highest BCUT2D eigenvalue weighted by atomic mass is 19.4. The summed E-state index contributed by atoms with van der Waals surface area (Å²) in [5, 5.41) is 2.64. The highest BCUT2D eigenvalue weighted by Gasteiger charge is 2.38. The van der Waals surface area contributed by atoms with E-state index >= 15 is 0 Å². The second kappa shape index (κ2) is 5.63. The van der Waals surface area contributed by atoms with Crippen molar-refractivity contribution in [3.8, 4) is 0 Å². The number of halogens is 3. The minimum atomic E-state index is -4.65. The summed E-state index contributed by atoms with van der Waals surface area (Å²) in [6.07, 6.45) is -2.49. The van der Waals surface area contributed by atoms with Gasteiger partial charge in [-0.2, -0.15) is 13.2 Å². The minimum Gasteiger partial charge on any atom is -0.375 e. The van der Waals surface area contributed by atoms with Gasteiger partial charge in [0.25, 0.3) is 5.91 Å². The van der Waals surface area contributed by atoms with Gasteiger partial charge in [-0.1, -0.05) is 0 Å². The van der Waals surface area contributed by atoms with Crippen LogP contribution in [0.5, 0.6) is 0 Å². The highest BCUT2D eigenvalue weighted by Crippen LogP contribution is 2.30. The van der Waals surface area contributed by atoms with Crippen molar-refractivity contribution in [1.29, 1.82) is 0 Å². The predicted octanol–water partition coefficient (Wildman–Crippen LogP) is 2.79. The number of nitrogens with zero attached hydrogens (tertiary/aromatic N) is 1. The molecule has 1 aliphatic heterocycles. The van der Waals surface area contributed by atoms with Gasteiger partial charge >= 0.3 is 6.18 Å². The summed E-state index contributed by atoms with van der Waals surface area (Å²) in [5.74, 6) is -0.752. The lowest BCUT2D eigenvalue weighted by Gasteiger charge is -2.35. The van der Waals surface area contributed by atoms with Crippen LogP contribution >= 0.6 is 0 Å². The molecule has 0 aromatic carbocycles. The van der Waals surface area contributed by atoms with Crippen LogP contribution in [0.1, 0.15) is 42.7 Å². The molecule has 0 aliphatic carbocycles. The van der Waals surface area contributed by atoms with E-state index in [0.717, 1.165) is 12.3 Å². The number of aromatic nitrogens is 1. The smallest absolute Gasteiger partial charge is 0.375 e. The summed E-state index contributed by atoms with van der Waals surface area (Å²) in [5.41, 5.74) is -2.00. The first-order valence-corrected chi connectivity index (χ1v) is 6.66. The molecule has 1 atom stereocenters. The monoisotopic (exact) mass is 302 g/mol. The number of carbonyl (C=O) groups is 1. The first-order chi connectivity index (χ1) is 9.69. The highest BCUT2D eigenvalue weighted by molar-refractivity contribution is 5.95. The molecule has 1 aliphatic rings. The third-order valence-corrected chi connectivity index (χ3v) is 3.35. The lowest BCUT2D eigenvalue weighted by Crippen LogP contribution is -2.46. The Hall–Kier alpha value is -1.63. The van der Waals surface area contributed by atoms with Crippen molar-refractivity contribution in [2.75, 3.05) is 6.61 Å². The van der Waals surface area contributed by atoms with Gasteiger partial charge in [-0.05, 0) is 38.8 Å². The van der Waals surface area contributed by atoms with Crippen LogP contribution in [0.4, 0.5) is 13.2 Å². The van der Waals surface area contributed by atoms with E-state index in [0.29, 0.717) is 19.4 Å². The van der Waals surface area contributed by atoms with Crippen LogP contribution in [0.3, 0.4) is 0 Å². The largest absolute Gasteiger partial charge is 0.434 e. The van der Waals surface area contributed by atoms with Gasteiger partial charge in [0.05, 0.1) is 11.2 Å². The molecule has 0 spiro atoms. The summed E-state index contributed by atoms with van der Waals surface area (Å²) in [7, 11) is 0. The standard InChI is InChI=1S/C14H17F3N2O2/c1-13(2)8-9(5-7-21-13)19-12(20)10-4-3-6-18-11(10)14(15,16)17/h3-4,6,9H,5,7-8H2,1-2H3,(H,19,20). The fraction of sp³-hybridized carbons (Fsp3) is 0.571. The minimum absolute atomic E-state index is 0.206. The second-order valence-electron chi connectivity index (χ2n) is 5.67. The van der Waals surface area contributed by atoms with Gasteiger partial charge < -0.3 is 10.1 Å². The molecule has 7 heteroatoms. The molecule has 1 aromatic heterocycles. The van der Waals surface area contributed by atoms with Crippen LogP contribution < -0.4 is 5.32 Å². The fourth-order valence-electron chi connectivity index (χ4n) is 2.43. The Morgan fingerprint density at radius 2 is 2.19 bits per heavy atom. The van der Waals surface area contributed by atoms with Crippen LogP contribution in [0.2, 0.25) is 0 Å². The van der Waals surface area contributed by atoms with Gasteiger partial charge in [-0.25, -0.2) is 0 Å². The van der Waals surface area contributed by atoms with Crippen molar-refractivity contribution >= 4 is 5.91 Å². The summed E-state index contributed by atoms with van der Waals surface area (Å²) in [6.45, 7) is 4.24. The Balaban J connectivity index is 2.14. The molecule has 21 heavy (non-hydrogen) atoms. The van der Waals surface area contributed by atoms with E-state index in [1.165, 1.54) is 6.07 Å². The number of alkyl halides is 3. The number of hydrogen-bond donors (Lipinski definition) is 1. The lowest BCUT2D eigenvalue weighted by atomic mass is 9.93. The normalized spacial score (nSPS) is 21.9. The van der Waals surface area contributed by atoms with E-state index in [1.54, 1.807) is 0 Å². The van der Waals surface area contributed by atoms with Gasteiger partial charge in [0.15, 0.2) is 5.69 Å². The molecule has 0 saturated carbocycles. The van der Waals surface area contributed by atoms with Gasteiger partial charge in [0.2, 0.25) is 0 Å². The number of amides is 1. The summed E-state index contributed by atoms with van der Waals surface area (Å²) in [6, 6.07) is 2.25. The molecule has 1 fully saturated rings. The maximum Gasteiger partial charge on any atom is 0.434 e. The number of carbonyl (C=O) groups excluding carboxylic acids is 1. The van der Waals surface area contributed by atoms with Gasteiger partial charge in [0, 0.05) is 18.8 Å². The molecule has 0 bridgehead atoms. The number of hydrogen-bond acceptors (Lipinski definition) is 3. The van der Waals surface area contributed by atoms with Crippen molar-refractivity contribution in [3.63, 3.8) is 0 Å². The molecule has 1 amide bonds. The molecule has 0 radical (unpaired) electrons. The molecule has 116 valence electrons. The topological polar surface area (TPSA) is 51.2 Å². The Labute approximate surface area is 120 Å². The van der Waals surface area contributed by atoms with E-state index < -0.39 is 28.9 Å². The Bertz CT molecular complexity index is 529.